The quantitative estimate of drug-likeness (QED) is 0.915. The summed E-state index contributed by atoms with van der Waals surface area (Å²) in [6.45, 7) is 1.83. The van der Waals surface area contributed by atoms with Gasteiger partial charge in [-0.15, -0.1) is 10.2 Å². The average Bonchev–Trinajstić information content (AvgIpc) is 2.80. The molecule has 2 amide bonds. The molecule has 1 fully saturated rings. The topological polar surface area (TPSA) is 66.9 Å². The Hall–Kier alpha value is -2.02. The molecule has 5 nitrogen and oxygen atoms in total. The van der Waals surface area contributed by atoms with Crippen LogP contribution in [0.25, 0.3) is 0 Å². The van der Waals surface area contributed by atoms with Crippen molar-refractivity contribution in [2.75, 3.05) is 5.32 Å². The zero-order valence-corrected chi connectivity index (χ0v) is 12.3. The molecular formula is C14H15FN4OS. The minimum absolute atomic E-state index is 0.276. The van der Waals surface area contributed by atoms with E-state index in [9.17, 15) is 9.18 Å². The van der Waals surface area contributed by atoms with Crippen molar-refractivity contribution in [2.24, 2.45) is 0 Å². The molecule has 110 valence electrons. The highest BCUT2D eigenvalue weighted by atomic mass is 32.1. The van der Waals surface area contributed by atoms with Crippen LogP contribution < -0.4 is 10.6 Å². The number of urea groups is 1. The Morgan fingerprint density at radius 3 is 2.52 bits per heavy atom. The highest BCUT2D eigenvalue weighted by molar-refractivity contribution is 7.15. The van der Waals surface area contributed by atoms with E-state index in [-0.39, 0.29) is 11.8 Å². The maximum atomic E-state index is 13.0. The summed E-state index contributed by atoms with van der Waals surface area (Å²) in [5.41, 5.74) is 0.524. The molecule has 1 aliphatic carbocycles. The van der Waals surface area contributed by atoms with Crippen molar-refractivity contribution in [1.29, 1.82) is 0 Å². The zero-order chi connectivity index (χ0) is 14.9. The summed E-state index contributed by atoms with van der Waals surface area (Å²) in [6.07, 6.45) is 2.73. The van der Waals surface area contributed by atoms with Crippen molar-refractivity contribution >= 4 is 22.5 Å². The third-order valence-electron chi connectivity index (χ3n) is 3.70. The Morgan fingerprint density at radius 1 is 1.29 bits per heavy atom. The van der Waals surface area contributed by atoms with Crippen LogP contribution in [-0.2, 0) is 5.54 Å². The fraction of sp³-hybridized carbons (Fsp3) is 0.357. The van der Waals surface area contributed by atoms with E-state index in [2.05, 4.69) is 20.8 Å². The Bertz CT molecular complexity index is 651. The van der Waals surface area contributed by atoms with Gasteiger partial charge in [0.1, 0.15) is 10.8 Å². The van der Waals surface area contributed by atoms with E-state index in [0.29, 0.717) is 5.13 Å². The predicted octanol–water partition coefficient (Wildman–Crippen LogP) is 3.19. The Morgan fingerprint density at radius 2 is 2.00 bits per heavy atom. The van der Waals surface area contributed by atoms with Gasteiger partial charge in [0.05, 0.1) is 5.54 Å². The van der Waals surface area contributed by atoms with Crippen molar-refractivity contribution in [3.8, 4) is 0 Å². The summed E-state index contributed by atoms with van der Waals surface area (Å²) in [5.74, 6) is -0.276. The van der Waals surface area contributed by atoms with Crippen LogP contribution in [0.3, 0.4) is 0 Å². The first-order valence-corrected chi connectivity index (χ1v) is 7.54. The van der Waals surface area contributed by atoms with E-state index < -0.39 is 5.54 Å². The first-order valence-electron chi connectivity index (χ1n) is 6.73. The molecule has 1 aliphatic rings. The van der Waals surface area contributed by atoms with Crippen molar-refractivity contribution in [1.82, 2.24) is 15.5 Å². The van der Waals surface area contributed by atoms with Gasteiger partial charge in [-0.3, -0.25) is 5.32 Å². The third-order valence-corrected chi connectivity index (χ3v) is 4.46. The number of carbonyl (C=O) groups excluding carboxylic acids is 1. The molecule has 1 aromatic carbocycles. The van der Waals surface area contributed by atoms with Crippen LogP contribution in [-0.4, -0.2) is 16.2 Å². The van der Waals surface area contributed by atoms with Crippen LogP contribution in [0.1, 0.15) is 29.8 Å². The fourth-order valence-electron chi connectivity index (χ4n) is 2.48. The Balaban J connectivity index is 1.71. The molecule has 0 aliphatic heterocycles. The molecule has 3 rings (SSSR count). The lowest BCUT2D eigenvalue weighted by Gasteiger charge is -2.42. The minimum atomic E-state index is -0.405. The smallest absolute Gasteiger partial charge is 0.321 e. The number of carbonyl (C=O) groups is 1. The molecule has 7 heteroatoms. The molecule has 1 heterocycles. The number of nitrogens with one attached hydrogen (secondary N) is 2. The molecule has 2 N–H and O–H groups in total. The number of benzene rings is 1. The summed E-state index contributed by atoms with van der Waals surface area (Å²) in [5, 5.41) is 14.7. The Kier molecular flexibility index (Phi) is 3.59. The van der Waals surface area contributed by atoms with Crippen LogP contribution in [0.15, 0.2) is 24.3 Å². The Labute approximate surface area is 125 Å². The van der Waals surface area contributed by atoms with Gasteiger partial charge in [0, 0.05) is 0 Å². The highest BCUT2D eigenvalue weighted by Crippen LogP contribution is 2.41. The van der Waals surface area contributed by atoms with Gasteiger partial charge in [-0.05, 0) is 43.9 Å². The summed E-state index contributed by atoms with van der Waals surface area (Å²) >= 11 is 1.32. The number of amides is 2. The van der Waals surface area contributed by atoms with E-state index >= 15 is 0 Å². The molecule has 0 unspecified atom stereocenters. The maximum Gasteiger partial charge on any atom is 0.321 e. The van der Waals surface area contributed by atoms with Crippen LogP contribution in [0.4, 0.5) is 14.3 Å². The van der Waals surface area contributed by atoms with Gasteiger partial charge in [-0.2, -0.15) is 0 Å². The molecule has 0 radical (unpaired) electrons. The lowest BCUT2D eigenvalue weighted by Crippen LogP contribution is -2.52. The number of hydrogen-bond donors (Lipinski definition) is 2. The third kappa shape index (κ3) is 2.87. The van der Waals surface area contributed by atoms with E-state index in [1.54, 1.807) is 12.1 Å². The predicted molar refractivity (Wildman–Crippen MR) is 78.7 cm³/mol. The van der Waals surface area contributed by atoms with Crippen LogP contribution in [0.2, 0.25) is 0 Å². The van der Waals surface area contributed by atoms with Gasteiger partial charge >= 0.3 is 6.03 Å². The second kappa shape index (κ2) is 5.40. The van der Waals surface area contributed by atoms with Crippen molar-refractivity contribution in [3.63, 3.8) is 0 Å². The maximum absolute atomic E-state index is 13.0. The van der Waals surface area contributed by atoms with E-state index in [4.69, 9.17) is 0 Å². The molecule has 2 aromatic rings. The van der Waals surface area contributed by atoms with Crippen LogP contribution in [0.5, 0.6) is 0 Å². The second-order valence-corrected chi connectivity index (χ2v) is 6.33. The van der Waals surface area contributed by atoms with Crippen molar-refractivity contribution in [3.05, 3.63) is 40.7 Å². The monoisotopic (exact) mass is 306 g/mol. The van der Waals surface area contributed by atoms with Gasteiger partial charge in [0.15, 0.2) is 0 Å². The second-order valence-electron chi connectivity index (χ2n) is 5.15. The van der Waals surface area contributed by atoms with Crippen LogP contribution in [0, 0.1) is 12.7 Å². The van der Waals surface area contributed by atoms with E-state index in [1.807, 2.05) is 6.92 Å². The molecule has 0 saturated heterocycles. The van der Waals surface area contributed by atoms with Crippen LogP contribution >= 0.6 is 11.3 Å². The zero-order valence-electron chi connectivity index (χ0n) is 11.5. The molecule has 1 aromatic heterocycles. The SMILES string of the molecule is Cc1nnc(NC(=O)NC2(c3ccc(F)cc3)CCC2)s1. The van der Waals surface area contributed by atoms with Gasteiger partial charge in [0.2, 0.25) is 5.13 Å². The number of halogens is 1. The molecular weight excluding hydrogens is 291 g/mol. The average molecular weight is 306 g/mol. The number of rotatable bonds is 3. The fourth-order valence-corrected chi connectivity index (χ4v) is 3.06. The molecule has 0 bridgehead atoms. The first kappa shape index (κ1) is 13.9. The lowest BCUT2D eigenvalue weighted by atomic mass is 9.72. The minimum Gasteiger partial charge on any atom is -0.328 e. The number of nitrogens with zero attached hydrogens (tertiary/aromatic N) is 2. The van der Waals surface area contributed by atoms with Crippen molar-refractivity contribution < 1.29 is 9.18 Å². The number of aryl methyl sites for hydroxylation is 1. The number of aromatic nitrogens is 2. The molecule has 0 spiro atoms. The number of hydrogen-bond acceptors (Lipinski definition) is 4. The van der Waals surface area contributed by atoms with Gasteiger partial charge in [-0.1, -0.05) is 23.5 Å². The summed E-state index contributed by atoms with van der Waals surface area (Å²) in [4.78, 5) is 12.1. The lowest BCUT2D eigenvalue weighted by molar-refractivity contribution is 0.185. The molecule has 0 atom stereocenters. The largest absolute Gasteiger partial charge is 0.328 e. The normalized spacial score (nSPS) is 16.1. The molecule has 1 saturated carbocycles. The van der Waals surface area contributed by atoms with Gasteiger partial charge in [0.25, 0.3) is 0 Å². The number of anilines is 1. The summed E-state index contributed by atoms with van der Waals surface area (Å²) in [6, 6.07) is 5.98. The van der Waals surface area contributed by atoms with E-state index in [0.717, 1.165) is 29.8 Å². The first-order chi connectivity index (χ1) is 10.1. The van der Waals surface area contributed by atoms with E-state index in [1.165, 1.54) is 23.5 Å². The summed E-state index contributed by atoms with van der Waals surface area (Å²) < 4.78 is 13.0. The highest BCUT2D eigenvalue weighted by Gasteiger charge is 2.40. The van der Waals surface area contributed by atoms with Crippen molar-refractivity contribution in [2.45, 2.75) is 31.7 Å². The summed E-state index contributed by atoms with van der Waals surface area (Å²) in [7, 11) is 0. The van der Waals surface area contributed by atoms with Gasteiger partial charge < -0.3 is 5.32 Å². The van der Waals surface area contributed by atoms with Gasteiger partial charge in [-0.25, -0.2) is 9.18 Å². The standard InChI is InChI=1S/C14H15FN4OS/c1-9-18-19-13(21-9)16-12(20)17-14(7-2-8-14)10-3-5-11(15)6-4-10/h3-6H,2,7-8H2,1H3,(H2,16,17,19,20). The molecule has 21 heavy (non-hydrogen) atoms.